The molecule has 0 saturated heterocycles. The summed E-state index contributed by atoms with van der Waals surface area (Å²) in [5, 5.41) is 0. The van der Waals surface area contributed by atoms with Crippen molar-refractivity contribution in [2.75, 3.05) is 0 Å². The Kier molecular flexibility index (Phi) is 8.69. The Hall–Kier alpha value is -7.59. The highest BCUT2D eigenvalue weighted by Gasteiger charge is 2.50. The molecule has 2 nitrogen and oxygen atoms in total. The van der Waals surface area contributed by atoms with E-state index in [4.69, 9.17) is 9.97 Å². The zero-order chi connectivity index (χ0) is 41.0. The van der Waals surface area contributed by atoms with E-state index in [1.807, 2.05) is 11.8 Å². The van der Waals surface area contributed by atoms with Crippen molar-refractivity contribution < 1.29 is 0 Å². The molecule has 1 aromatic heterocycles. The van der Waals surface area contributed by atoms with E-state index in [2.05, 4.69) is 231 Å². The second-order valence-corrected chi connectivity index (χ2v) is 17.1. The average Bonchev–Trinajstić information content (AvgIpc) is 3.65. The van der Waals surface area contributed by atoms with Gasteiger partial charge in [0.05, 0.1) is 16.8 Å². The summed E-state index contributed by atoms with van der Waals surface area (Å²) in [7, 11) is 0. The number of nitrogens with zero attached hydrogens (tertiary/aromatic N) is 2. The van der Waals surface area contributed by atoms with Crippen LogP contribution in [-0.4, -0.2) is 9.97 Å². The largest absolute Gasteiger partial charge is 0.228 e. The molecule has 1 aliphatic carbocycles. The first-order valence-corrected chi connectivity index (χ1v) is 22.0. The van der Waals surface area contributed by atoms with Crippen molar-refractivity contribution >= 4 is 11.8 Å². The number of hydrogen-bond acceptors (Lipinski definition) is 3. The molecule has 3 heteroatoms. The van der Waals surface area contributed by atoms with Crippen LogP contribution in [0, 0.1) is 0 Å². The lowest BCUT2D eigenvalue weighted by Crippen LogP contribution is -2.32. The zero-order valence-corrected chi connectivity index (χ0v) is 34.6. The molecule has 0 fully saturated rings. The molecule has 2 aliphatic rings. The SMILES string of the molecule is c1ccc(-c2cccc(-c3cc(-c4ccc(-c5cccc6c5Sc5ccccc5C65c6ccccc6-c6ccccc65)cc4)nc(-c4cccc(-c5ccccc5)c4)n3)c2)cc1. The lowest BCUT2D eigenvalue weighted by molar-refractivity contribution is 0.723. The van der Waals surface area contributed by atoms with E-state index in [1.165, 1.54) is 59.9 Å². The van der Waals surface area contributed by atoms with Crippen LogP contribution < -0.4 is 0 Å². The van der Waals surface area contributed by atoms with Crippen molar-refractivity contribution in [1.29, 1.82) is 0 Å². The van der Waals surface area contributed by atoms with Crippen LogP contribution in [0.1, 0.15) is 22.3 Å². The second kappa shape index (κ2) is 14.8. The summed E-state index contributed by atoms with van der Waals surface area (Å²) in [4.78, 5) is 13.1. The van der Waals surface area contributed by atoms with Gasteiger partial charge in [-0.25, -0.2) is 9.97 Å². The Morgan fingerprint density at radius 1 is 0.290 bits per heavy atom. The van der Waals surface area contributed by atoms with Gasteiger partial charge in [0.1, 0.15) is 0 Å². The van der Waals surface area contributed by atoms with Crippen molar-refractivity contribution in [3.8, 4) is 78.4 Å². The molecule has 2 heterocycles. The van der Waals surface area contributed by atoms with Crippen molar-refractivity contribution in [2.45, 2.75) is 15.2 Å². The smallest absolute Gasteiger partial charge is 0.160 e. The van der Waals surface area contributed by atoms with Crippen LogP contribution in [0.4, 0.5) is 0 Å². The van der Waals surface area contributed by atoms with Gasteiger partial charge >= 0.3 is 0 Å². The van der Waals surface area contributed by atoms with Crippen molar-refractivity contribution in [1.82, 2.24) is 9.97 Å². The van der Waals surface area contributed by atoms with Gasteiger partial charge in [-0.05, 0) is 91.0 Å². The van der Waals surface area contributed by atoms with Gasteiger partial charge in [-0.15, -0.1) is 0 Å². The zero-order valence-electron chi connectivity index (χ0n) is 33.7. The van der Waals surface area contributed by atoms with Crippen LogP contribution in [0.3, 0.4) is 0 Å². The van der Waals surface area contributed by atoms with E-state index >= 15 is 0 Å². The molecule has 0 saturated carbocycles. The van der Waals surface area contributed by atoms with E-state index in [-0.39, 0.29) is 0 Å². The van der Waals surface area contributed by atoms with Gasteiger partial charge < -0.3 is 0 Å². The Bertz CT molecular complexity index is 3170. The summed E-state index contributed by atoms with van der Waals surface area (Å²) in [5.41, 5.74) is 19.4. The normalized spacial score (nSPS) is 12.9. The van der Waals surface area contributed by atoms with Gasteiger partial charge in [0.25, 0.3) is 0 Å². The van der Waals surface area contributed by atoms with Crippen LogP contribution in [0.2, 0.25) is 0 Å². The third-order valence-electron chi connectivity index (χ3n) is 12.6. The predicted octanol–water partition coefficient (Wildman–Crippen LogP) is 15.3. The minimum atomic E-state index is -0.413. The summed E-state index contributed by atoms with van der Waals surface area (Å²) in [6.45, 7) is 0. The number of benzene rings is 9. The standard InChI is InChI=1S/C59H38N2S/c1-3-16-39(17-4-1)43-20-13-22-45(36-43)55-38-54(60-58(61-55)46-23-14-21-44(37-46)40-18-5-2-6-19-40)42-34-32-41(33-35-42)47-26-15-30-53-57(47)62-56-31-12-11-29-52(56)59(53)50-27-9-7-24-48(50)49-25-8-10-28-51(49)59/h1-38H. The lowest BCUT2D eigenvalue weighted by Gasteiger charge is -2.40. The second-order valence-electron chi connectivity index (χ2n) is 16.1. The number of aromatic nitrogens is 2. The molecule has 1 spiro atoms. The maximum Gasteiger partial charge on any atom is 0.160 e. The van der Waals surface area contributed by atoms with Gasteiger partial charge in [0.15, 0.2) is 5.82 Å². The van der Waals surface area contributed by atoms with Gasteiger partial charge in [-0.1, -0.05) is 218 Å². The highest BCUT2D eigenvalue weighted by Crippen LogP contribution is 2.63. The molecule has 0 atom stereocenters. The Morgan fingerprint density at radius 2 is 0.742 bits per heavy atom. The van der Waals surface area contributed by atoms with Crippen LogP contribution in [0.25, 0.3) is 78.4 Å². The molecule has 0 N–H and O–H groups in total. The molecule has 10 aromatic rings. The lowest BCUT2D eigenvalue weighted by atomic mass is 9.67. The highest BCUT2D eigenvalue weighted by molar-refractivity contribution is 7.99. The molecule has 9 aromatic carbocycles. The first kappa shape index (κ1) is 36.3. The van der Waals surface area contributed by atoms with Crippen molar-refractivity contribution in [3.05, 3.63) is 253 Å². The van der Waals surface area contributed by atoms with E-state index in [0.29, 0.717) is 5.82 Å². The van der Waals surface area contributed by atoms with E-state index in [1.54, 1.807) is 0 Å². The van der Waals surface area contributed by atoms with Crippen molar-refractivity contribution in [2.24, 2.45) is 0 Å². The Labute approximate surface area is 366 Å². The fourth-order valence-corrected chi connectivity index (χ4v) is 11.1. The third kappa shape index (κ3) is 5.89. The molecule has 62 heavy (non-hydrogen) atoms. The molecule has 0 amide bonds. The number of fused-ring (bicyclic) bond motifs is 9. The minimum absolute atomic E-state index is 0.413. The first-order chi connectivity index (χ1) is 30.7. The molecule has 290 valence electrons. The summed E-state index contributed by atoms with van der Waals surface area (Å²) in [6.07, 6.45) is 0. The number of hydrogen-bond donors (Lipinski definition) is 0. The Morgan fingerprint density at radius 3 is 1.40 bits per heavy atom. The highest BCUT2D eigenvalue weighted by atomic mass is 32.2. The molecule has 1 aliphatic heterocycles. The van der Waals surface area contributed by atoms with Crippen LogP contribution >= 0.6 is 11.8 Å². The quantitative estimate of drug-likeness (QED) is 0.167. The van der Waals surface area contributed by atoms with Crippen molar-refractivity contribution in [3.63, 3.8) is 0 Å². The fraction of sp³-hybridized carbons (Fsp3) is 0.0169. The Balaban J connectivity index is 0.987. The molecule has 12 rings (SSSR count). The van der Waals surface area contributed by atoms with Gasteiger partial charge in [0, 0.05) is 26.5 Å². The summed E-state index contributed by atoms with van der Waals surface area (Å²) < 4.78 is 0. The minimum Gasteiger partial charge on any atom is -0.228 e. The molecule has 0 radical (unpaired) electrons. The van der Waals surface area contributed by atoms with E-state index < -0.39 is 5.41 Å². The van der Waals surface area contributed by atoms with Crippen LogP contribution in [0.5, 0.6) is 0 Å². The summed E-state index contributed by atoms with van der Waals surface area (Å²) in [5.74, 6) is 0.694. The van der Waals surface area contributed by atoms with Gasteiger partial charge in [0.2, 0.25) is 0 Å². The average molecular weight is 807 g/mol. The monoisotopic (exact) mass is 806 g/mol. The summed E-state index contributed by atoms with van der Waals surface area (Å²) >= 11 is 1.89. The molecular weight excluding hydrogens is 769 g/mol. The fourth-order valence-electron chi connectivity index (χ4n) is 9.76. The topological polar surface area (TPSA) is 25.8 Å². The first-order valence-electron chi connectivity index (χ1n) is 21.1. The van der Waals surface area contributed by atoms with Crippen LogP contribution in [-0.2, 0) is 5.41 Å². The maximum absolute atomic E-state index is 5.29. The molecule has 0 unspecified atom stereocenters. The van der Waals surface area contributed by atoms with Gasteiger partial charge in [-0.2, -0.15) is 0 Å². The predicted molar refractivity (Wildman–Crippen MR) is 256 cm³/mol. The summed E-state index contributed by atoms with van der Waals surface area (Å²) in [6, 6.07) is 83.3. The van der Waals surface area contributed by atoms with E-state index in [9.17, 15) is 0 Å². The van der Waals surface area contributed by atoms with Gasteiger partial charge in [-0.3, -0.25) is 0 Å². The molecule has 0 bridgehead atoms. The third-order valence-corrected chi connectivity index (χ3v) is 13.8. The van der Waals surface area contributed by atoms with Crippen LogP contribution in [0.15, 0.2) is 240 Å². The maximum atomic E-state index is 5.29. The molecular formula is C59H38N2S. The number of rotatable bonds is 6. The van der Waals surface area contributed by atoms with E-state index in [0.717, 1.165) is 44.8 Å².